The van der Waals surface area contributed by atoms with Gasteiger partial charge < -0.3 is 0 Å². The molecule has 0 N–H and O–H groups in total. The lowest BCUT2D eigenvalue weighted by Gasteiger charge is -2.50. The molecule has 1 saturated heterocycles. The van der Waals surface area contributed by atoms with Gasteiger partial charge in [-0.05, 0) is 27.8 Å². The fraction of sp³-hybridized carbons (Fsp3) is 0.192. The Balaban J connectivity index is 1.58. The number of imide groups is 1. The highest BCUT2D eigenvalue weighted by atomic mass is 16.2. The summed E-state index contributed by atoms with van der Waals surface area (Å²) < 4.78 is 0. The molecule has 2 atom stereocenters. The molecule has 7 rings (SSSR count). The van der Waals surface area contributed by atoms with E-state index >= 15 is 0 Å². The zero-order valence-electron chi connectivity index (χ0n) is 16.2. The summed E-state index contributed by atoms with van der Waals surface area (Å²) in [6.07, 6.45) is 0. The maximum atomic E-state index is 13.7. The number of carbonyl (C=O) groups is 2. The highest BCUT2D eigenvalue weighted by molar-refractivity contribution is 6.08. The van der Waals surface area contributed by atoms with Gasteiger partial charge in [-0.3, -0.25) is 14.5 Å². The van der Waals surface area contributed by atoms with Gasteiger partial charge in [0.2, 0.25) is 11.8 Å². The molecule has 3 aliphatic carbocycles. The number of benzene rings is 3. The first-order valence-electron chi connectivity index (χ1n) is 10.2. The van der Waals surface area contributed by atoms with Gasteiger partial charge >= 0.3 is 0 Å². The van der Waals surface area contributed by atoms with E-state index in [1.54, 1.807) is 0 Å². The third-order valence-electron chi connectivity index (χ3n) is 7.07. The Labute approximate surface area is 174 Å². The molecule has 30 heavy (non-hydrogen) atoms. The number of rotatable bonds is 2. The molecule has 4 heteroatoms. The maximum absolute atomic E-state index is 13.7. The van der Waals surface area contributed by atoms with E-state index in [0.717, 1.165) is 27.8 Å². The Bertz CT molecular complexity index is 1210. The number of hydrogen-bond donors (Lipinski definition) is 0. The standard InChI is InChI=1S/C26H18N2O2/c27-15-26-19-12-6-4-10-17(19)21(18-11-5-7-13-20(18)26)22-23(26)25(30)28(24(22)29)14-16-8-2-1-3-9-16/h1-13,21-23H,14H2. The lowest BCUT2D eigenvalue weighted by Crippen LogP contribution is -2.52. The monoisotopic (exact) mass is 390 g/mol. The van der Waals surface area contributed by atoms with Crippen molar-refractivity contribution >= 4 is 11.8 Å². The summed E-state index contributed by atoms with van der Waals surface area (Å²) in [7, 11) is 0. The summed E-state index contributed by atoms with van der Waals surface area (Å²) in [6, 6.07) is 27.7. The van der Waals surface area contributed by atoms with Crippen LogP contribution in [0.3, 0.4) is 0 Å². The average Bonchev–Trinajstić information content (AvgIpc) is 3.05. The highest BCUT2D eigenvalue weighted by Gasteiger charge is 2.68. The van der Waals surface area contributed by atoms with Crippen LogP contribution in [0.2, 0.25) is 0 Å². The van der Waals surface area contributed by atoms with Crippen LogP contribution in [0.15, 0.2) is 78.9 Å². The molecule has 2 unspecified atom stereocenters. The quantitative estimate of drug-likeness (QED) is 0.626. The van der Waals surface area contributed by atoms with Crippen molar-refractivity contribution in [3.05, 3.63) is 107 Å². The Morgan fingerprint density at radius 2 is 1.37 bits per heavy atom. The fourth-order valence-corrected chi connectivity index (χ4v) is 5.94. The molecular formula is C26H18N2O2. The number of likely N-dealkylation sites (tertiary alicyclic amines) is 1. The second-order valence-electron chi connectivity index (χ2n) is 8.32. The first-order valence-corrected chi connectivity index (χ1v) is 10.2. The fourth-order valence-electron chi connectivity index (χ4n) is 5.94. The first-order chi connectivity index (χ1) is 14.7. The summed E-state index contributed by atoms with van der Waals surface area (Å²) in [5.74, 6) is -1.82. The molecule has 3 aromatic rings. The number of hydrogen-bond acceptors (Lipinski definition) is 3. The minimum atomic E-state index is -1.13. The number of nitriles is 1. The van der Waals surface area contributed by atoms with Crippen LogP contribution in [0.4, 0.5) is 0 Å². The second-order valence-corrected chi connectivity index (χ2v) is 8.32. The summed E-state index contributed by atoms with van der Waals surface area (Å²) in [5, 5.41) is 10.6. The van der Waals surface area contributed by atoms with Crippen molar-refractivity contribution in [2.75, 3.05) is 0 Å². The molecule has 4 aliphatic rings. The van der Waals surface area contributed by atoms with Crippen LogP contribution in [0.5, 0.6) is 0 Å². The van der Waals surface area contributed by atoms with Crippen LogP contribution in [0, 0.1) is 23.2 Å². The van der Waals surface area contributed by atoms with Crippen molar-refractivity contribution in [2.24, 2.45) is 11.8 Å². The maximum Gasteiger partial charge on any atom is 0.235 e. The van der Waals surface area contributed by atoms with Crippen LogP contribution in [0.25, 0.3) is 0 Å². The summed E-state index contributed by atoms with van der Waals surface area (Å²) in [6.45, 7) is 0.242. The molecule has 0 radical (unpaired) electrons. The van der Waals surface area contributed by atoms with Gasteiger partial charge in [0.05, 0.1) is 24.4 Å². The van der Waals surface area contributed by atoms with Crippen molar-refractivity contribution in [3.63, 3.8) is 0 Å². The molecule has 1 aliphatic heterocycles. The average molecular weight is 390 g/mol. The van der Waals surface area contributed by atoms with Crippen molar-refractivity contribution in [3.8, 4) is 6.07 Å². The molecule has 144 valence electrons. The third kappa shape index (κ3) is 1.90. The minimum Gasteiger partial charge on any atom is -0.278 e. The predicted octanol–water partition coefficient (Wildman–Crippen LogP) is 3.76. The lowest BCUT2D eigenvalue weighted by molar-refractivity contribution is -0.140. The van der Waals surface area contributed by atoms with E-state index in [-0.39, 0.29) is 24.3 Å². The Morgan fingerprint density at radius 1 is 0.800 bits per heavy atom. The van der Waals surface area contributed by atoms with E-state index < -0.39 is 17.3 Å². The van der Waals surface area contributed by atoms with Gasteiger partial charge in [0, 0.05) is 5.92 Å². The van der Waals surface area contributed by atoms with Crippen LogP contribution in [-0.2, 0) is 21.5 Å². The lowest BCUT2D eigenvalue weighted by atomic mass is 9.48. The van der Waals surface area contributed by atoms with E-state index in [0.29, 0.717) is 0 Å². The first kappa shape index (κ1) is 17.2. The van der Waals surface area contributed by atoms with E-state index in [9.17, 15) is 14.9 Å². The molecule has 2 amide bonds. The molecule has 2 bridgehead atoms. The molecule has 1 fully saturated rings. The molecule has 1 heterocycles. The van der Waals surface area contributed by atoms with Crippen molar-refractivity contribution < 1.29 is 9.59 Å². The Morgan fingerprint density at radius 3 is 1.97 bits per heavy atom. The van der Waals surface area contributed by atoms with Gasteiger partial charge in [-0.25, -0.2) is 0 Å². The van der Waals surface area contributed by atoms with Gasteiger partial charge in [-0.1, -0.05) is 78.9 Å². The van der Waals surface area contributed by atoms with Crippen molar-refractivity contribution in [1.82, 2.24) is 4.90 Å². The molecule has 0 saturated carbocycles. The van der Waals surface area contributed by atoms with Crippen LogP contribution >= 0.6 is 0 Å². The topological polar surface area (TPSA) is 61.2 Å². The van der Waals surface area contributed by atoms with Crippen LogP contribution in [-0.4, -0.2) is 16.7 Å². The predicted molar refractivity (Wildman–Crippen MR) is 110 cm³/mol. The molecule has 3 aromatic carbocycles. The van der Waals surface area contributed by atoms with Gasteiger partial charge in [-0.2, -0.15) is 5.26 Å². The third-order valence-corrected chi connectivity index (χ3v) is 7.07. The number of amides is 2. The zero-order valence-corrected chi connectivity index (χ0v) is 16.2. The van der Waals surface area contributed by atoms with Gasteiger partial charge in [-0.15, -0.1) is 0 Å². The number of carbonyl (C=O) groups excluding carboxylic acids is 2. The largest absolute Gasteiger partial charge is 0.278 e. The van der Waals surface area contributed by atoms with E-state index in [2.05, 4.69) is 6.07 Å². The highest BCUT2D eigenvalue weighted by Crippen LogP contribution is 2.63. The smallest absolute Gasteiger partial charge is 0.235 e. The van der Waals surface area contributed by atoms with Gasteiger partial charge in [0.25, 0.3) is 0 Å². The van der Waals surface area contributed by atoms with Crippen molar-refractivity contribution in [2.45, 2.75) is 17.9 Å². The van der Waals surface area contributed by atoms with Gasteiger partial charge in [0.15, 0.2) is 0 Å². The summed E-state index contributed by atoms with van der Waals surface area (Å²) in [4.78, 5) is 28.7. The molecule has 4 nitrogen and oxygen atoms in total. The molecule has 0 aromatic heterocycles. The van der Waals surface area contributed by atoms with Crippen LogP contribution < -0.4 is 0 Å². The summed E-state index contributed by atoms with van der Waals surface area (Å²) in [5.41, 5.74) is 3.53. The van der Waals surface area contributed by atoms with E-state index in [1.165, 1.54) is 4.90 Å². The molecular weight excluding hydrogens is 372 g/mol. The minimum absolute atomic E-state index is 0.164. The van der Waals surface area contributed by atoms with Crippen molar-refractivity contribution in [1.29, 1.82) is 5.26 Å². The van der Waals surface area contributed by atoms with Gasteiger partial charge in [0.1, 0.15) is 5.41 Å². The second kappa shape index (κ2) is 5.90. The van der Waals surface area contributed by atoms with E-state index in [4.69, 9.17) is 0 Å². The Kier molecular flexibility index (Phi) is 3.38. The summed E-state index contributed by atoms with van der Waals surface area (Å²) >= 11 is 0. The normalized spacial score (nSPS) is 28.0. The zero-order chi connectivity index (χ0) is 20.5. The van der Waals surface area contributed by atoms with Crippen LogP contribution in [0.1, 0.15) is 33.7 Å². The molecule has 0 spiro atoms. The SMILES string of the molecule is N#CC12c3ccccc3C(c3ccccc31)C1C(=O)N(Cc3ccccc3)C(=O)C12. The van der Waals surface area contributed by atoms with E-state index in [1.807, 2.05) is 78.9 Å². The Hall–Kier alpha value is -3.71. The number of nitrogens with zero attached hydrogens (tertiary/aromatic N) is 2.